The van der Waals surface area contributed by atoms with Gasteiger partial charge in [-0.3, -0.25) is 19.3 Å². The zero-order valence-electron chi connectivity index (χ0n) is 15.9. The fraction of sp³-hybridized carbons (Fsp3) is 0.190. The molecule has 0 N–H and O–H groups in total. The lowest BCUT2D eigenvalue weighted by molar-refractivity contribution is -0.145. The molecule has 6 nitrogen and oxygen atoms in total. The number of nitrogens with zero attached hydrogens (tertiary/aromatic N) is 1. The smallest absolute Gasteiger partial charge is 0.326 e. The molecule has 156 valence electrons. The van der Waals surface area contributed by atoms with E-state index in [-0.39, 0.29) is 21.6 Å². The van der Waals surface area contributed by atoms with Crippen molar-refractivity contribution in [1.29, 1.82) is 0 Å². The van der Waals surface area contributed by atoms with Crippen LogP contribution in [-0.2, 0) is 20.9 Å². The highest BCUT2D eigenvalue weighted by molar-refractivity contribution is 8.18. The van der Waals surface area contributed by atoms with E-state index in [0.717, 1.165) is 22.2 Å². The molecule has 1 fully saturated rings. The minimum absolute atomic E-state index is 0.161. The van der Waals surface area contributed by atoms with Crippen LogP contribution in [0, 0.1) is 0 Å². The van der Waals surface area contributed by atoms with E-state index in [4.69, 9.17) is 32.7 Å². The fourth-order valence-corrected chi connectivity index (χ4v) is 4.11. The number of ether oxygens (including phenoxy) is 2. The molecule has 2 amide bonds. The summed E-state index contributed by atoms with van der Waals surface area (Å²) in [5.41, 5.74) is 1.49. The van der Waals surface area contributed by atoms with E-state index in [1.165, 1.54) is 6.08 Å². The monoisotopic (exact) mass is 465 g/mol. The van der Waals surface area contributed by atoms with Gasteiger partial charge in [-0.05, 0) is 48.0 Å². The molecule has 2 aromatic rings. The molecule has 1 aliphatic heterocycles. The summed E-state index contributed by atoms with van der Waals surface area (Å²) in [5, 5.41) is 0.00479. The highest BCUT2D eigenvalue weighted by Crippen LogP contribution is 2.37. The number of hydrogen-bond donors (Lipinski definition) is 0. The number of carbonyl (C=O) groups is 3. The van der Waals surface area contributed by atoms with E-state index < -0.39 is 23.7 Å². The lowest BCUT2D eigenvalue weighted by atomic mass is 10.2. The Hall–Kier alpha value is -2.48. The lowest BCUT2D eigenvalue weighted by Crippen LogP contribution is -2.34. The summed E-state index contributed by atoms with van der Waals surface area (Å²) in [6.45, 7) is 1.68. The van der Waals surface area contributed by atoms with Crippen LogP contribution in [-0.4, -0.2) is 35.2 Å². The summed E-state index contributed by atoms with van der Waals surface area (Å²) in [6, 6.07) is 12.7. The minimum atomic E-state index is -0.646. The number of hydrogen-bond acceptors (Lipinski definition) is 6. The third-order valence-corrected chi connectivity index (χ3v) is 5.48. The van der Waals surface area contributed by atoms with Gasteiger partial charge >= 0.3 is 5.97 Å². The predicted octanol–water partition coefficient (Wildman–Crippen LogP) is 5.17. The van der Waals surface area contributed by atoms with Gasteiger partial charge in [0.05, 0.1) is 21.6 Å². The Bertz CT molecular complexity index is 987. The lowest BCUT2D eigenvalue weighted by Gasteiger charge is -2.11. The average molecular weight is 466 g/mol. The topological polar surface area (TPSA) is 72.9 Å². The van der Waals surface area contributed by atoms with Gasteiger partial charge in [0.2, 0.25) is 0 Å². The molecule has 0 aromatic heterocycles. The Morgan fingerprint density at radius 2 is 1.80 bits per heavy atom. The first-order chi connectivity index (χ1) is 14.4. The summed E-state index contributed by atoms with van der Waals surface area (Å²) in [7, 11) is 0. The van der Waals surface area contributed by atoms with Gasteiger partial charge in [0.1, 0.15) is 13.2 Å². The minimum Gasteiger partial charge on any atom is -0.486 e. The molecule has 0 atom stereocenters. The molecule has 9 heteroatoms. The van der Waals surface area contributed by atoms with E-state index in [1.54, 1.807) is 19.1 Å². The van der Waals surface area contributed by atoms with Crippen molar-refractivity contribution in [3.05, 3.63) is 68.5 Å². The Balaban J connectivity index is 1.75. The van der Waals surface area contributed by atoms with Gasteiger partial charge in [-0.25, -0.2) is 0 Å². The van der Waals surface area contributed by atoms with Gasteiger partial charge in [-0.15, -0.1) is 0 Å². The normalized spacial score (nSPS) is 15.0. The SMILES string of the molecule is CCOC(=O)CN1C(=O)S/C(=C\c2cc(Cl)c(OCc3ccccc3)c(Cl)c2)C1=O. The summed E-state index contributed by atoms with van der Waals surface area (Å²) in [4.78, 5) is 37.2. The highest BCUT2D eigenvalue weighted by Gasteiger charge is 2.36. The Morgan fingerprint density at radius 1 is 1.13 bits per heavy atom. The number of halogens is 2. The Kier molecular flexibility index (Phi) is 7.42. The zero-order chi connectivity index (χ0) is 21.7. The van der Waals surface area contributed by atoms with Gasteiger partial charge in [0, 0.05) is 0 Å². The first-order valence-corrected chi connectivity index (χ1v) is 10.5. The van der Waals surface area contributed by atoms with Crippen LogP contribution >= 0.6 is 35.0 Å². The quantitative estimate of drug-likeness (QED) is 0.414. The molecule has 0 aliphatic carbocycles. The van der Waals surface area contributed by atoms with E-state index in [0.29, 0.717) is 17.9 Å². The van der Waals surface area contributed by atoms with Crippen molar-refractivity contribution in [2.24, 2.45) is 0 Å². The third kappa shape index (κ3) is 5.36. The maximum absolute atomic E-state index is 12.5. The predicted molar refractivity (Wildman–Crippen MR) is 117 cm³/mol. The van der Waals surface area contributed by atoms with Crippen LogP contribution in [0.3, 0.4) is 0 Å². The molecular formula is C21H17Cl2NO5S. The van der Waals surface area contributed by atoms with Crippen LogP contribution < -0.4 is 4.74 Å². The van der Waals surface area contributed by atoms with Crippen LogP contribution in [0.15, 0.2) is 47.4 Å². The van der Waals surface area contributed by atoms with Crippen LogP contribution in [0.5, 0.6) is 5.75 Å². The second-order valence-corrected chi connectivity index (χ2v) is 7.97. The number of esters is 1. The van der Waals surface area contributed by atoms with Crippen molar-refractivity contribution < 1.29 is 23.9 Å². The number of carbonyl (C=O) groups excluding carboxylic acids is 3. The first-order valence-electron chi connectivity index (χ1n) is 8.95. The number of amides is 2. The van der Waals surface area contributed by atoms with E-state index in [1.807, 2.05) is 30.3 Å². The standard InChI is InChI=1S/C21H17Cl2NO5S/c1-2-28-18(25)11-24-20(26)17(30-21(24)27)10-14-8-15(22)19(16(23)9-14)29-12-13-6-4-3-5-7-13/h3-10H,2,11-12H2,1H3/b17-10-. The van der Waals surface area contributed by atoms with Crippen LogP contribution in [0.1, 0.15) is 18.1 Å². The summed E-state index contributed by atoms with van der Waals surface area (Å²) < 4.78 is 10.5. The van der Waals surface area contributed by atoms with Crippen molar-refractivity contribution >= 4 is 58.2 Å². The van der Waals surface area contributed by atoms with Crippen molar-refractivity contribution in [3.63, 3.8) is 0 Å². The maximum atomic E-state index is 12.5. The second-order valence-electron chi connectivity index (χ2n) is 6.16. The van der Waals surface area contributed by atoms with Gasteiger partial charge in [-0.1, -0.05) is 53.5 Å². The van der Waals surface area contributed by atoms with Gasteiger partial charge in [-0.2, -0.15) is 0 Å². The Labute approximate surface area is 187 Å². The summed E-state index contributed by atoms with van der Waals surface area (Å²) in [5.74, 6) is -0.892. The fourth-order valence-electron chi connectivity index (χ4n) is 2.65. The van der Waals surface area contributed by atoms with Gasteiger partial charge in [0.25, 0.3) is 11.1 Å². The number of benzene rings is 2. The first kappa shape index (κ1) is 22.2. The van der Waals surface area contributed by atoms with Crippen molar-refractivity contribution in [2.45, 2.75) is 13.5 Å². The molecule has 0 saturated carbocycles. The second kappa shape index (κ2) is 10.0. The molecule has 0 unspecified atom stereocenters. The van der Waals surface area contributed by atoms with Gasteiger partial charge < -0.3 is 9.47 Å². The zero-order valence-corrected chi connectivity index (χ0v) is 18.2. The number of imide groups is 1. The van der Waals surface area contributed by atoms with Crippen molar-refractivity contribution in [2.75, 3.05) is 13.2 Å². The molecular weight excluding hydrogens is 449 g/mol. The summed E-state index contributed by atoms with van der Waals surface area (Å²) in [6.07, 6.45) is 1.49. The molecule has 2 aromatic carbocycles. The Morgan fingerprint density at radius 3 is 2.43 bits per heavy atom. The molecule has 1 saturated heterocycles. The van der Waals surface area contributed by atoms with Crippen LogP contribution in [0.4, 0.5) is 4.79 Å². The highest BCUT2D eigenvalue weighted by atomic mass is 35.5. The number of rotatable bonds is 7. The molecule has 1 aliphatic rings. The number of thioether (sulfide) groups is 1. The maximum Gasteiger partial charge on any atom is 0.326 e. The van der Waals surface area contributed by atoms with E-state index in [2.05, 4.69) is 0 Å². The molecule has 0 spiro atoms. The molecule has 0 bridgehead atoms. The van der Waals surface area contributed by atoms with Crippen molar-refractivity contribution in [3.8, 4) is 5.75 Å². The van der Waals surface area contributed by atoms with Crippen LogP contribution in [0.2, 0.25) is 10.0 Å². The molecule has 1 heterocycles. The van der Waals surface area contributed by atoms with E-state index >= 15 is 0 Å². The third-order valence-electron chi connectivity index (χ3n) is 4.01. The average Bonchev–Trinajstić information content (AvgIpc) is 2.95. The molecule has 30 heavy (non-hydrogen) atoms. The van der Waals surface area contributed by atoms with Crippen LogP contribution in [0.25, 0.3) is 6.08 Å². The molecule has 3 rings (SSSR count). The van der Waals surface area contributed by atoms with Gasteiger partial charge in [0.15, 0.2) is 5.75 Å². The van der Waals surface area contributed by atoms with Crippen molar-refractivity contribution in [1.82, 2.24) is 4.90 Å². The van der Waals surface area contributed by atoms with E-state index in [9.17, 15) is 14.4 Å². The largest absolute Gasteiger partial charge is 0.486 e. The molecule has 0 radical (unpaired) electrons. The summed E-state index contributed by atoms with van der Waals surface area (Å²) >= 11 is 13.4.